The third kappa shape index (κ3) is 1.59. The maximum atomic E-state index is 13.0. The Balaban J connectivity index is 2.18. The van der Waals surface area contributed by atoms with Crippen LogP contribution in [0.1, 0.15) is 18.9 Å². The van der Waals surface area contributed by atoms with E-state index in [1.54, 1.807) is 24.3 Å². The smallest absolute Gasteiger partial charge is 0.272 e. The van der Waals surface area contributed by atoms with Crippen molar-refractivity contribution < 1.29 is 13.5 Å². The fourth-order valence-corrected chi connectivity index (χ4v) is 1.63. The lowest BCUT2D eigenvalue weighted by Gasteiger charge is -2.11. The van der Waals surface area contributed by atoms with Crippen molar-refractivity contribution in [2.45, 2.75) is 24.8 Å². The number of alkyl halides is 2. The molecular weight excluding hydrogens is 200 g/mol. The highest BCUT2D eigenvalue weighted by molar-refractivity contribution is 5.39. The molecule has 1 unspecified atom stereocenters. The van der Waals surface area contributed by atoms with Crippen LogP contribution in [0.2, 0.25) is 0 Å². The standard InChI is InChI=1S/C11H13F2NO/c1-2-15-9-5-3-8(4-6-9)10(14)7-11(10,12)13/h3-6H,2,7,14H2,1H3. The molecule has 1 aliphatic carbocycles. The Labute approximate surface area is 87.0 Å². The second-order valence-corrected chi connectivity index (χ2v) is 3.81. The molecule has 2 N–H and O–H groups in total. The molecular formula is C11H13F2NO. The highest BCUT2D eigenvalue weighted by atomic mass is 19.3. The van der Waals surface area contributed by atoms with Gasteiger partial charge in [0.25, 0.3) is 5.92 Å². The molecule has 4 heteroatoms. The first-order valence-corrected chi connectivity index (χ1v) is 4.90. The molecule has 2 nitrogen and oxygen atoms in total. The van der Waals surface area contributed by atoms with E-state index < -0.39 is 11.5 Å². The van der Waals surface area contributed by atoms with Crippen LogP contribution in [0.3, 0.4) is 0 Å². The lowest BCUT2D eigenvalue weighted by molar-refractivity contribution is 0.0891. The summed E-state index contributed by atoms with van der Waals surface area (Å²) < 4.78 is 31.1. The minimum Gasteiger partial charge on any atom is -0.494 e. The van der Waals surface area contributed by atoms with Gasteiger partial charge in [0.05, 0.1) is 6.61 Å². The maximum absolute atomic E-state index is 13.0. The Morgan fingerprint density at radius 3 is 2.27 bits per heavy atom. The average molecular weight is 213 g/mol. The van der Waals surface area contributed by atoms with Crippen LogP contribution in [0.15, 0.2) is 24.3 Å². The first-order valence-electron chi connectivity index (χ1n) is 4.90. The molecule has 1 aliphatic rings. The second kappa shape index (κ2) is 3.17. The lowest BCUT2D eigenvalue weighted by Crippen LogP contribution is -2.26. The van der Waals surface area contributed by atoms with Crippen molar-refractivity contribution in [3.05, 3.63) is 29.8 Å². The van der Waals surface area contributed by atoms with Gasteiger partial charge in [-0.15, -0.1) is 0 Å². The van der Waals surface area contributed by atoms with Gasteiger partial charge in [0, 0.05) is 6.42 Å². The van der Waals surface area contributed by atoms with Gasteiger partial charge >= 0.3 is 0 Å². The largest absolute Gasteiger partial charge is 0.494 e. The van der Waals surface area contributed by atoms with Crippen LogP contribution >= 0.6 is 0 Å². The molecule has 0 aliphatic heterocycles. The molecule has 0 amide bonds. The van der Waals surface area contributed by atoms with Gasteiger partial charge in [-0.3, -0.25) is 0 Å². The SMILES string of the molecule is CCOc1ccc(C2(N)CC2(F)F)cc1. The molecule has 0 aromatic heterocycles. The molecule has 1 fully saturated rings. The fraction of sp³-hybridized carbons (Fsp3) is 0.455. The average Bonchev–Trinajstić information content (AvgIpc) is 2.69. The van der Waals surface area contributed by atoms with Gasteiger partial charge < -0.3 is 10.5 Å². The van der Waals surface area contributed by atoms with Crippen LogP contribution in [0.4, 0.5) is 8.78 Å². The molecule has 0 heterocycles. The van der Waals surface area contributed by atoms with Crippen molar-refractivity contribution in [1.82, 2.24) is 0 Å². The van der Waals surface area contributed by atoms with E-state index in [1.807, 2.05) is 6.92 Å². The summed E-state index contributed by atoms with van der Waals surface area (Å²) in [5.74, 6) is -2.09. The summed E-state index contributed by atoms with van der Waals surface area (Å²) in [5, 5.41) is 0. The summed E-state index contributed by atoms with van der Waals surface area (Å²) >= 11 is 0. The Hall–Kier alpha value is -1.16. The zero-order valence-electron chi connectivity index (χ0n) is 8.47. The van der Waals surface area contributed by atoms with Gasteiger partial charge in [-0.1, -0.05) is 12.1 Å². The highest BCUT2D eigenvalue weighted by Gasteiger charge is 2.69. The molecule has 1 aromatic rings. The summed E-state index contributed by atoms with van der Waals surface area (Å²) in [6, 6.07) is 6.54. The molecule has 1 atom stereocenters. The summed E-state index contributed by atoms with van der Waals surface area (Å²) in [7, 11) is 0. The van der Waals surface area contributed by atoms with Gasteiger partial charge in [0.15, 0.2) is 0 Å². The van der Waals surface area contributed by atoms with E-state index in [9.17, 15) is 8.78 Å². The molecule has 2 rings (SSSR count). The first-order chi connectivity index (χ1) is 6.99. The van der Waals surface area contributed by atoms with Crippen LogP contribution in [0, 0.1) is 0 Å². The normalized spacial score (nSPS) is 27.5. The summed E-state index contributed by atoms with van der Waals surface area (Å²) in [6.07, 6.45) is -0.270. The van der Waals surface area contributed by atoms with Gasteiger partial charge in [0.2, 0.25) is 0 Å². The molecule has 1 saturated carbocycles. The quantitative estimate of drug-likeness (QED) is 0.836. The molecule has 0 spiro atoms. The predicted molar refractivity (Wildman–Crippen MR) is 53.0 cm³/mol. The molecule has 0 radical (unpaired) electrons. The minimum absolute atomic E-state index is 0.270. The predicted octanol–water partition coefficient (Wildman–Crippen LogP) is 2.28. The van der Waals surface area contributed by atoms with Crippen molar-refractivity contribution >= 4 is 0 Å². The Morgan fingerprint density at radius 1 is 1.33 bits per heavy atom. The van der Waals surface area contributed by atoms with E-state index >= 15 is 0 Å². The van der Waals surface area contributed by atoms with E-state index in [1.165, 1.54) is 0 Å². The Bertz CT molecular complexity index is 363. The molecule has 15 heavy (non-hydrogen) atoms. The van der Waals surface area contributed by atoms with Crippen LogP contribution in [0.5, 0.6) is 5.75 Å². The number of rotatable bonds is 3. The summed E-state index contributed by atoms with van der Waals surface area (Å²) in [6.45, 7) is 2.43. The summed E-state index contributed by atoms with van der Waals surface area (Å²) in [4.78, 5) is 0. The van der Waals surface area contributed by atoms with Gasteiger partial charge in [-0.05, 0) is 24.6 Å². The zero-order valence-corrected chi connectivity index (χ0v) is 8.47. The van der Waals surface area contributed by atoms with Crippen molar-refractivity contribution in [2.24, 2.45) is 5.73 Å². The topological polar surface area (TPSA) is 35.2 Å². The Morgan fingerprint density at radius 2 is 1.87 bits per heavy atom. The van der Waals surface area contributed by atoms with Crippen molar-refractivity contribution in [2.75, 3.05) is 6.61 Å². The number of halogens is 2. The number of nitrogens with two attached hydrogens (primary N) is 1. The Kier molecular flexibility index (Phi) is 2.19. The van der Waals surface area contributed by atoms with E-state index in [4.69, 9.17) is 10.5 Å². The van der Waals surface area contributed by atoms with Crippen LogP contribution < -0.4 is 10.5 Å². The number of hydrogen-bond acceptors (Lipinski definition) is 2. The number of hydrogen-bond donors (Lipinski definition) is 1. The van der Waals surface area contributed by atoms with Gasteiger partial charge in [-0.2, -0.15) is 0 Å². The van der Waals surface area contributed by atoms with E-state index in [-0.39, 0.29) is 6.42 Å². The van der Waals surface area contributed by atoms with Gasteiger partial charge in [-0.25, -0.2) is 8.78 Å². The van der Waals surface area contributed by atoms with Crippen molar-refractivity contribution in [3.63, 3.8) is 0 Å². The van der Waals surface area contributed by atoms with Crippen molar-refractivity contribution in [1.29, 1.82) is 0 Å². The number of benzene rings is 1. The number of ether oxygens (including phenoxy) is 1. The third-order valence-corrected chi connectivity index (χ3v) is 2.71. The van der Waals surface area contributed by atoms with E-state index in [2.05, 4.69) is 0 Å². The molecule has 1 aromatic carbocycles. The van der Waals surface area contributed by atoms with E-state index in [0.717, 1.165) is 0 Å². The fourth-order valence-electron chi connectivity index (χ4n) is 1.63. The van der Waals surface area contributed by atoms with Gasteiger partial charge in [0.1, 0.15) is 11.3 Å². The van der Waals surface area contributed by atoms with Crippen molar-refractivity contribution in [3.8, 4) is 5.75 Å². The molecule has 82 valence electrons. The lowest BCUT2D eigenvalue weighted by atomic mass is 10.1. The monoisotopic (exact) mass is 213 g/mol. The minimum atomic E-state index is -2.76. The summed E-state index contributed by atoms with van der Waals surface area (Å²) in [5.41, 5.74) is 4.59. The maximum Gasteiger partial charge on any atom is 0.272 e. The van der Waals surface area contributed by atoms with Crippen LogP contribution in [-0.4, -0.2) is 12.5 Å². The zero-order chi connectivity index (χ0) is 11.1. The highest BCUT2D eigenvalue weighted by Crippen LogP contribution is 2.57. The first kappa shape index (κ1) is 10.4. The van der Waals surface area contributed by atoms with Crippen LogP contribution in [0.25, 0.3) is 0 Å². The molecule has 0 bridgehead atoms. The third-order valence-electron chi connectivity index (χ3n) is 2.71. The van der Waals surface area contributed by atoms with E-state index in [0.29, 0.717) is 17.9 Å². The second-order valence-electron chi connectivity index (χ2n) is 3.81. The van der Waals surface area contributed by atoms with Crippen LogP contribution in [-0.2, 0) is 5.54 Å². The molecule has 0 saturated heterocycles.